The van der Waals surface area contributed by atoms with Gasteiger partial charge in [0.2, 0.25) is 0 Å². The molecule has 0 fully saturated rings. The van der Waals surface area contributed by atoms with E-state index in [9.17, 15) is 5.11 Å². The van der Waals surface area contributed by atoms with Crippen molar-refractivity contribution in [3.8, 4) is 0 Å². The van der Waals surface area contributed by atoms with Gasteiger partial charge in [0.1, 0.15) is 5.82 Å². The van der Waals surface area contributed by atoms with Gasteiger partial charge in [-0.15, -0.1) is 0 Å². The number of nitrogens with one attached hydrogen (secondary N) is 1. The van der Waals surface area contributed by atoms with E-state index in [2.05, 4.69) is 10.4 Å². The van der Waals surface area contributed by atoms with Crippen molar-refractivity contribution in [2.45, 2.75) is 19.6 Å². The first-order valence-corrected chi connectivity index (χ1v) is 4.91. The van der Waals surface area contributed by atoms with Crippen LogP contribution in [0.25, 0.3) is 0 Å². The maximum Gasteiger partial charge on any atom is 0.140 e. The zero-order chi connectivity index (χ0) is 11.3. The van der Waals surface area contributed by atoms with Crippen molar-refractivity contribution in [2.24, 2.45) is 5.84 Å². The van der Waals surface area contributed by atoms with Gasteiger partial charge < -0.3 is 10.5 Å². The molecule has 5 heteroatoms. The summed E-state index contributed by atoms with van der Waals surface area (Å²) in [6.45, 7) is 3.09. The van der Waals surface area contributed by atoms with E-state index in [1.807, 2.05) is 24.1 Å². The third kappa shape index (κ3) is 4.24. The summed E-state index contributed by atoms with van der Waals surface area (Å²) < 4.78 is 0. The Hall–Kier alpha value is -1.17. The van der Waals surface area contributed by atoms with Gasteiger partial charge in [0.25, 0.3) is 0 Å². The summed E-state index contributed by atoms with van der Waals surface area (Å²) in [7, 11) is 1.94. The first-order chi connectivity index (χ1) is 7.11. The van der Waals surface area contributed by atoms with Crippen molar-refractivity contribution in [3.63, 3.8) is 0 Å². The normalized spacial score (nSPS) is 12.9. The summed E-state index contributed by atoms with van der Waals surface area (Å²) in [5.41, 5.74) is 3.43. The van der Waals surface area contributed by atoms with E-state index in [0.717, 1.165) is 5.69 Å². The molecular formula is C10H18N4O. The molecule has 1 unspecified atom stereocenters. The molecule has 1 aromatic rings. The van der Waals surface area contributed by atoms with Gasteiger partial charge in [-0.2, -0.15) is 0 Å². The van der Waals surface area contributed by atoms with E-state index < -0.39 is 0 Å². The van der Waals surface area contributed by atoms with Crippen molar-refractivity contribution in [1.82, 2.24) is 9.88 Å². The number of hydrazine groups is 1. The van der Waals surface area contributed by atoms with Crippen molar-refractivity contribution >= 4 is 5.82 Å². The van der Waals surface area contributed by atoms with E-state index >= 15 is 0 Å². The number of aliphatic hydroxyl groups is 1. The largest absolute Gasteiger partial charge is 0.392 e. The number of nitrogen functional groups attached to an aromatic ring is 1. The molecule has 0 saturated carbocycles. The highest BCUT2D eigenvalue weighted by atomic mass is 16.3. The fourth-order valence-electron chi connectivity index (χ4n) is 1.44. The smallest absolute Gasteiger partial charge is 0.140 e. The number of aliphatic hydroxyl groups excluding tert-OH is 1. The maximum absolute atomic E-state index is 9.21. The molecule has 0 saturated heterocycles. The second kappa shape index (κ2) is 5.65. The first-order valence-electron chi connectivity index (χ1n) is 4.91. The number of rotatable bonds is 5. The summed E-state index contributed by atoms with van der Waals surface area (Å²) in [6, 6.07) is 5.63. The van der Waals surface area contributed by atoms with Crippen LogP contribution in [-0.4, -0.2) is 34.7 Å². The SMILES string of the molecule is CC(O)CN(C)Cc1cccc(NN)n1. The van der Waals surface area contributed by atoms with Gasteiger partial charge in [-0.1, -0.05) is 6.07 Å². The monoisotopic (exact) mass is 210 g/mol. The Balaban J connectivity index is 2.55. The number of anilines is 1. The van der Waals surface area contributed by atoms with Gasteiger partial charge in [-0.3, -0.25) is 4.90 Å². The Morgan fingerprint density at radius 1 is 1.60 bits per heavy atom. The minimum Gasteiger partial charge on any atom is -0.392 e. The number of nitrogens with zero attached hydrogens (tertiary/aromatic N) is 2. The Bertz CT molecular complexity index is 303. The summed E-state index contributed by atoms with van der Waals surface area (Å²) in [5, 5.41) is 9.21. The van der Waals surface area contributed by atoms with Crippen LogP contribution in [0.2, 0.25) is 0 Å². The summed E-state index contributed by atoms with van der Waals surface area (Å²) in [4.78, 5) is 6.29. The topological polar surface area (TPSA) is 74.4 Å². The Morgan fingerprint density at radius 3 is 2.93 bits per heavy atom. The van der Waals surface area contributed by atoms with Crippen LogP contribution in [0.15, 0.2) is 18.2 Å². The zero-order valence-corrected chi connectivity index (χ0v) is 9.14. The predicted octanol–water partition coefficient (Wildman–Crippen LogP) is 0.180. The molecule has 1 aromatic heterocycles. The van der Waals surface area contributed by atoms with E-state index in [1.54, 1.807) is 13.0 Å². The molecule has 4 N–H and O–H groups in total. The van der Waals surface area contributed by atoms with Gasteiger partial charge in [0, 0.05) is 13.1 Å². The fourth-order valence-corrected chi connectivity index (χ4v) is 1.44. The predicted molar refractivity (Wildman–Crippen MR) is 60.1 cm³/mol. The van der Waals surface area contributed by atoms with Crippen LogP contribution >= 0.6 is 0 Å². The fraction of sp³-hybridized carbons (Fsp3) is 0.500. The lowest BCUT2D eigenvalue weighted by Crippen LogP contribution is -2.27. The maximum atomic E-state index is 9.21. The molecule has 1 heterocycles. The highest BCUT2D eigenvalue weighted by molar-refractivity contribution is 5.33. The van der Waals surface area contributed by atoms with Crippen molar-refractivity contribution in [3.05, 3.63) is 23.9 Å². The van der Waals surface area contributed by atoms with Gasteiger partial charge in [0.15, 0.2) is 0 Å². The van der Waals surface area contributed by atoms with Gasteiger partial charge in [0.05, 0.1) is 11.8 Å². The molecule has 0 aliphatic rings. The molecule has 0 aromatic carbocycles. The number of likely N-dealkylation sites (N-methyl/N-ethyl adjacent to an activating group) is 1. The number of aromatic nitrogens is 1. The molecular weight excluding hydrogens is 192 g/mol. The van der Waals surface area contributed by atoms with Gasteiger partial charge in [-0.25, -0.2) is 10.8 Å². The molecule has 0 spiro atoms. The quantitative estimate of drug-likeness (QED) is 0.477. The molecule has 0 bridgehead atoms. The number of nitrogens with two attached hydrogens (primary N) is 1. The molecule has 5 nitrogen and oxygen atoms in total. The third-order valence-corrected chi connectivity index (χ3v) is 1.96. The van der Waals surface area contributed by atoms with Crippen molar-refractivity contribution in [1.29, 1.82) is 0 Å². The molecule has 0 aliphatic heterocycles. The number of pyridine rings is 1. The van der Waals surface area contributed by atoms with Crippen LogP contribution in [-0.2, 0) is 6.54 Å². The van der Waals surface area contributed by atoms with Crippen molar-refractivity contribution in [2.75, 3.05) is 19.0 Å². The Morgan fingerprint density at radius 2 is 2.33 bits per heavy atom. The number of hydrogen-bond acceptors (Lipinski definition) is 5. The molecule has 0 aliphatic carbocycles. The molecule has 15 heavy (non-hydrogen) atoms. The van der Waals surface area contributed by atoms with E-state index in [1.165, 1.54) is 0 Å². The summed E-state index contributed by atoms with van der Waals surface area (Å²) >= 11 is 0. The summed E-state index contributed by atoms with van der Waals surface area (Å²) in [5.74, 6) is 5.92. The first kappa shape index (κ1) is 11.9. The molecule has 84 valence electrons. The summed E-state index contributed by atoms with van der Waals surface area (Å²) in [6.07, 6.45) is -0.328. The Labute approximate surface area is 89.9 Å². The van der Waals surface area contributed by atoms with Crippen LogP contribution in [0.3, 0.4) is 0 Å². The lowest BCUT2D eigenvalue weighted by molar-refractivity contribution is 0.138. The highest BCUT2D eigenvalue weighted by Crippen LogP contribution is 2.05. The number of hydrogen-bond donors (Lipinski definition) is 3. The molecule has 1 atom stereocenters. The van der Waals surface area contributed by atoms with Crippen LogP contribution in [0.1, 0.15) is 12.6 Å². The zero-order valence-electron chi connectivity index (χ0n) is 9.14. The highest BCUT2D eigenvalue weighted by Gasteiger charge is 2.04. The van der Waals surface area contributed by atoms with Gasteiger partial charge >= 0.3 is 0 Å². The van der Waals surface area contributed by atoms with Crippen LogP contribution in [0.4, 0.5) is 5.82 Å². The second-order valence-electron chi connectivity index (χ2n) is 3.70. The average Bonchev–Trinajstić information content (AvgIpc) is 2.16. The minimum absolute atomic E-state index is 0.328. The van der Waals surface area contributed by atoms with Crippen molar-refractivity contribution < 1.29 is 5.11 Å². The van der Waals surface area contributed by atoms with Gasteiger partial charge in [-0.05, 0) is 26.1 Å². The van der Waals surface area contributed by atoms with E-state index in [4.69, 9.17) is 5.84 Å². The van der Waals surface area contributed by atoms with Crippen LogP contribution < -0.4 is 11.3 Å². The second-order valence-corrected chi connectivity index (χ2v) is 3.70. The molecule has 0 radical (unpaired) electrons. The lowest BCUT2D eigenvalue weighted by Gasteiger charge is -2.17. The minimum atomic E-state index is -0.328. The third-order valence-electron chi connectivity index (χ3n) is 1.96. The van der Waals surface area contributed by atoms with E-state index in [0.29, 0.717) is 18.9 Å². The van der Waals surface area contributed by atoms with E-state index in [-0.39, 0.29) is 6.10 Å². The average molecular weight is 210 g/mol. The van der Waals surface area contributed by atoms with Crippen LogP contribution in [0, 0.1) is 0 Å². The molecule has 0 amide bonds. The lowest BCUT2D eigenvalue weighted by atomic mass is 10.3. The standard InChI is InChI=1S/C10H18N4O/c1-8(15)6-14(2)7-9-4-3-5-10(12-9)13-11/h3-5,8,15H,6-7,11H2,1-2H3,(H,12,13). The van der Waals surface area contributed by atoms with Crippen LogP contribution in [0.5, 0.6) is 0 Å². The Kier molecular flexibility index (Phi) is 4.48. The molecule has 1 rings (SSSR count).